The number of hydrogen-bond acceptors (Lipinski definition) is 2. The average Bonchev–Trinajstić information content (AvgIpc) is 2.50. The second-order valence-electron chi connectivity index (χ2n) is 7.08. The highest BCUT2D eigenvalue weighted by Gasteiger charge is 2.51. The van der Waals surface area contributed by atoms with Gasteiger partial charge in [0, 0.05) is 9.89 Å². The lowest BCUT2D eigenvalue weighted by molar-refractivity contribution is -0.137. The first-order chi connectivity index (χ1) is 10.4. The van der Waals surface area contributed by atoms with Crippen molar-refractivity contribution in [2.75, 3.05) is 0 Å². The molecule has 2 saturated carbocycles. The normalized spacial score (nSPS) is 37.2. The van der Waals surface area contributed by atoms with Crippen molar-refractivity contribution in [1.29, 1.82) is 0 Å². The zero-order chi connectivity index (χ0) is 15.9. The number of hydrogen-bond donors (Lipinski definition) is 1. The lowest BCUT2D eigenvalue weighted by Gasteiger charge is -2.49. The first-order valence-electron chi connectivity index (χ1n) is 8.11. The molecule has 0 saturated heterocycles. The maximum atomic E-state index is 13.0. The van der Waals surface area contributed by atoms with Crippen LogP contribution in [0.5, 0.6) is 0 Å². The summed E-state index contributed by atoms with van der Waals surface area (Å²) >= 11 is 3.44. The quantitative estimate of drug-likeness (QED) is 0.740. The molecule has 1 aromatic rings. The summed E-state index contributed by atoms with van der Waals surface area (Å²) in [6.07, 6.45) is 5.18. The van der Waals surface area contributed by atoms with Crippen LogP contribution in [-0.4, -0.2) is 17.0 Å². The molecule has 2 aliphatic rings. The van der Waals surface area contributed by atoms with Crippen LogP contribution in [0.1, 0.15) is 45.1 Å². The fourth-order valence-corrected chi connectivity index (χ4v) is 4.56. The molecule has 3 heteroatoms. The number of halogens is 1. The van der Waals surface area contributed by atoms with Gasteiger partial charge in [0.1, 0.15) is 0 Å². The molecule has 4 atom stereocenters. The summed E-state index contributed by atoms with van der Waals surface area (Å²) in [5.74, 6) is 0.827. The summed E-state index contributed by atoms with van der Waals surface area (Å²) < 4.78 is 1.05. The fourth-order valence-electron chi connectivity index (χ4n) is 4.30. The van der Waals surface area contributed by atoms with E-state index in [9.17, 15) is 9.90 Å². The Morgan fingerprint density at radius 1 is 1.27 bits per heavy atom. The molecule has 0 heterocycles. The van der Waals surface area contributed by atoms with Crippen molar-refractivity contribution in [3.05, 3.63) is 39.9 Å². The van der Waals surface area contributed by atoms with E-state index in [0.717, 1.165) is 41.3 Å². The number of ketones is 1. The molecule has 0 amide bonds. The molecular weight excluding hydrogens is 340 g/mol. The first-order valence-corrected chi connectivity index (χ1v) is 8.90. The molecule has 2 fully saturated rings. The number of allylic oxidation sites excluding steroid dienone is 1. The van der Waals surface area contributed by atoms with Gasteiger partial charge in [0.2, 0.25) is 0 Å². The van der Waals surface area contributed by atoms with E-state index in [-0.39, 0.29) is 17.4 Å². The average molecular weight is 363 g/mol. The number of carbonyl (C=O) groups is 1. The third-order valence-electron chi connectivity index (χ3n) is 5.77. The van der Waals surface area contributed by atoms with Crippen LogP contribution < -0.4 is 0 Å². The van der Waals surface area contributed by atoms with Crippen LogP contribution in [0.2, 0.25) is 0 Å². The van der Waals surface area contributed by atoms with E-state index in [1.54, 1.807) is 0 Å². The maximum Gasteiger partial charge on any atom is 0.165 e. The third kappa shape index (κ3) is 2.69. The van der Waals surface area contributed by atoms with Crippen molar-refractivity contribution in [2.45, 2.75) is 45.6 Å². The molecule has 0 aromatic heterocycles. The van der Waals surface area contributed by atoms with E-state index in [1.165, 1.54) is 0 Å². The van der Waals surface area contributed by atoms with Crippen molar-refractivity contribution < 1.29 is 9.90 Å². The Morgan fingerprint density at radius 3 is 2.64 bits per heavy atom. The van der Waals surface area contributed by atoms with Crippen LogP contribution in [0.25, 0.3) is 6.08 Å². The van der Waals surface area contributed by atoms with Crippen LogP contribution in [-0.2, 0) is 4.79 Å². The molecule has 0 bridgehead atoms. The van der Waals surface area contributed by atoms with Crippen LogP contribution in [0.15, 0.2) is 34.3 Å². The van der Waals surface area contributed by atoms with Crippen molar-refractivity contribution in [1.82, 2.24) is 0 Å². The number of Topliss-reactive ketones (excluding diaryl/α,β-unsaturated/α-hetero) is 1. The van der Waals surface area contributed by atoms with Gasteiger partial charge < -0.3 is 5.11 Å². The number of fused-ring (bicyclic) bond motifs is 1. The van der Waals surface area contributed by atoms with Gasteiger partial charge in [0.15, 0.2) is 5.78 Å². The van der Waals surface area contributed by atoms with E-state index in [4.69, 9.17) is 0 Å². The minimum absolute atomic E-state index is 0.219. The summed E-state index contributed by atoms with van der Waals surface area (Å²) in [6.45, 7) is 4.21. The van der Waals surface area contributed by atoms with Crippen LogP contribution in [0, 0.1) is 17.3 Å². The first kappa shape index (κ1) is 15.9. The Morgan fingerprint density at radius 2 is 1.95 bits per heavy atom. The van der Waals surface area contributed by atoms with Gasteiger partial charge in [0.25, 0.3) is 0 Å². The van der Waals surface area contributed by atoms with E-state index in [1.807, 2.05) is 30.3 Å². The van der Waals surface area contributed by atoms with Gasteiger partial charge >= 0.3 is 0 Å². The molecule has 0 aliphatic heterocycles. The third-order valence-corrected chi connectivity index (χ3v) is 6.29. The minimum Gasteiger partial charge on any atom is -0.393 e. The molecule has 3 rings (SSSR count). The molecule has 2 nitrogen and oxygen atoms in total. The highest BCUT2D eigenvalue weighted by Crippen LogP contribution is 2.52. The molecule has 118 valence electrons. The summed E-state index contributed by atoms with van der Waals surface area (Å²) in [5, 5.41) is 10.1. The van der Waals surface area contributed by atoms with Crippen molar-refractivity contribution in [3.8, 4) is 0 Å². The van der Waals surface area contributed by atoms with E-state index in [0.29, 0.717) is 11.7 Å². The van der Waals surface area contributed by atoms with E-state index >= 15 is 0 Å². The van der Waals surface area contributed by atoms with Crippen molar-refractivity contribution in [2.24, 2.45) is 17.3 Å². The molecule has 1 N–H and O–H groups in total. The van der Waals surface area contributed by atoms with Gasteiger partial charge in [-0.1, -0.05) is 41.9 Å². The predicted octanol–water partition coefficient (Wildman–Crippen LogP) is 4.61. The van der Waals surface area contributed by atoms with Gasteiger partial charge in [-0.15, -0.1) is 0 Å². The Hall–Kier alpha value is -0.930. The zero-order valence-electron chi connectivity index (χ0n) is 13.2. The van der Waals surface area contributed by atoms with Crippen LogP contribution >= 0.6 is 15.9 Å². The lowest BCUT2D eigenvalue weighted by atomic mass is 9.55. The largest absolute Gasteiger partial charge is 0.393 e. The van der Waals surface area contributed by atoms with Crippen LogP contribution in [0.4, 0.5) is 0 Å². The maximum absolute atomic E-state index is 13.0. The summed E-state index contributed by atoms with van der Waals surface area (Å²) in [7, 11) is 0. The molecule has 0 spiro atoms. The molecule has 2 aliphatic carbocycles. The second-order valence-corrected chi connectivity index (χ2v) is 7.99. The van der Waals surface area contributed by atoms with Gasteiger partial charge in [-0.05, 0) is 66.9 Å². The number of aliphatic hydroxyl groups is 1. The Bertz CT molecular complexity index is 604. The van der Waals surface area contributed by atoms with Crippen molar-refractivity contribution >= 4 is 27.8 Å². The summed E-state index contributed by atoms with van der Waals surface area (Å²) in [6, 6.07) is 8.07. The topological polar surface area (TPSA) is 37.3 Å². The fraction of sp³-hybridized carbons (Fsp3) is 0.526. The predicted molar refractivity (Wildman–Crippen MR) is 92.4 cm³/mol. The second kappa shape index (κ2) is 5.93. The summed E-state index contributed by atoms with van der Waals surface area (Å²) in [4.78, 5) is 13.0. The Kier molecular flexibility index (Phi) is 4.30. The van der Waals surface area contributed by atoms with Gasteiger partial charge in [-0.2, -0.15) is 0 Å². The summed E-state index contributed by atoms with van der Waals surface area (Å²) in [5.41, 5.74) is 1.74. The van der Waals surface area contributed by atoms with E-state index < -0.39 is 0 Å². The Labute approximate surface area is 140 Å². The highest BCUT2D eigenvalue weighted by molar-refractivity contribution is 9.10. The molecule has 3 unspecified atom stereocenters. The lowest BCUT2D eigenvalue weighted by Crippen LogP contribution is -2.50. The molecule has 0 radical (unpaired) electrons. The van der Waals surface area contributed by atoms with Gasteiger partial charge in [-0.3, -0.25) is 4.79 Å². The molecule has 22 heavy (non-hydrogen) atoms. The number of rotatable bonds is 1. The SMILES string of the molecule is CC1C(O)CC[C@]2(C)C(=O)C(=Cc3ccc(Br)cc3)CCC12. The van der Waals surface area contributed by atoms with Gasteiger partial charge in [-0.25, -0.2) is 0 Å². The zero-order valence-corrected chi connectivity index (χ0v) is 14.8. The minimum atomic E-state index is -0.294. The van der Waals surface area contributed by atoms with Gasteiger partial charge in [0.05, 0.1) is 6.10 Å². The van der Waals surface area contributed by atoms with Crippen molar-refractivity contribution in [3.63, 3.8) is 0 Å². The Balaban J connectivity index is 1.89. The molecule has 1 aromatic carbocycles. The monoisotopic (exact) mass is 362 g/mol. The molecular formula is C19H23BrO2. The van der Waals surface area contributed by atoms with Crippen LogP contribution in [0.3, 0.4) is 0 Å². The number of aliphatic hydroxyl groups excluding tert-OH is 1. The van der Waals surface area contributed by atoms with E-state index in [2.05, 4.69) is 29.8 Å². The number of carbonyl (C=O) groups excluding carboxylic acids is 1. The highest BCUT2D eigenvalue weighted by atomic mass is 79.9. The standard InChI is InChI=1S/C19H23BrO2/c1-12-16-8-5-14(11-13-3-6-15(20)7-4-13)18(22)19(16,2)10-9-17(12)21/h3-4,6-7,11-12,16-17,21H,5,8-10H2,1-2H3/t12?,16?,17?,19-/m0/s1. The number of benzene rings is 1. The smallest absolute Gasteiger partial charge is 0.165 e.